The van der Waals surface area contributed by atoms with E-state index in [9.17, 15) is 4.79 Å². The number of rotatable bonds is 4. The number of halogens is 1. The zero-order valence-corrected chi connectivity index (χ0v) is 22.5. The molecule has 6 heteroatoms. The van der Waals surface area contributed by atoms with Crippen LogP contribution < -0.4 is 19.6 Å². The molecule has 0 saturated carbocycles. The quantitative estimate of drug-likeness (QED) is 0.319. The van der Waals surface area contributed by atoms with Crippen LogP contribution in [-0.4, -0.2) is 11.2 Å². The molecule has 2 aliphatic rings. The summed E-state index contributed by atoms with van der Waals surface area (Å²) in [6.07, 6.45) is 3.80. The van der Waals surface area contributed by atoms with E-state index >= 15 is 0 Å². The summed E-state index contributed by atoms with van der Waals surface area (Å²) in [5, 5.41) is 0. The summed E-state index contributed by atoms with van der Waals surface area (Å²) in [7, 11) is 0. The molecule has 0 spiro atoms. The molecule has 0 radical (unpaired) electrons. The minimum Gasteiger partial charge on any atom is -0.493 e. The van der Waals surface area contributed by atoms with E-state index in [1.165, 1.54) is 33.6 Å². The average Bonchev–Trinajstić information content (AvgIpc) is 3.19. The summed E-state index contributed by atoms with van der Waals surface area (Å²) in [6.45, 7) is 4.65. The van der Waals surface area contributed by atoms with Gasteiger partial charge in [0.25, 0.3) is 5.56 Å². The Morgan fingerprint density at radius 1 is 1.11 bits per heavy atom. The normalized spacial score (nSPS) is 16.8. The number of hydrogen-bond acceptors (Lipinski definition) is 4. The molecule has 0 amide bonds. The molecule has 1 aliphatic carbocycles. The van der Waals surface area contributed by atoms with Crippen molar-refractivity contribution in [1.82, 2.24) is 4.57 Å². The lowest BCUT2D eigenvalue weighted by atomic mass is 9.83. The van der Waals surface area contributed by atoms with Crippen LogP contribution in [0.25, 0.3) is 11.8 Å². The topological polar surface area (TPSA) is 43.6 Å². The van der Waals surface area contributed by atoms with Crippen LogP contribution in [0.5, 0.6) is 5.75 Å². The van der Waals surface area contributed by atoms with Crippen LogP contribution in [0.4, 0.5) is 0 Å². The molecule has 1 atom stereocenters. The third-order valence-corrected chi connectivity index (χ3v) is 8.42. The molecule has 36 heavy (non-hydrogen) atoms. The van der Waals surface area contributed by atoms with Gasteiger partial charge in [-0.2, -0.15) is 0 Å². The standard InChI is InChI=1S/C30H25BrN2O2S/c1-3-35-25-15-10-19(16-24(25)31)17-26-29(34)33-28(21-11-8-18(2)9-12-21)23-14-13-20-6-4-5-7-22(20)27(23)32-30(33)36-26/h4-12,15-17,28H,3,13-14H2,1-2H3. The van der Waals surface area contributed by atoms with Crippen molar-refractivity contribution in [3.63, 3.8) is 0 Å². The van der Waals surface area contributed by atoms with E-state index in [1.54, 1.807) is 0 Å². The minimum absolute atomic E-state index is 0.000240. The fourth-order valence-electron chi connectivity index (χ4n) is 5.10. The number of ether oxygens (including phenoxy) is 1. The fourth-order valence-corrected chi connectivity index (χ4v) is 6.61. The third kappa shape index (κ3) is 3.98. The van der Waals surface area contributed by atoms with Crippen LogP contribution in [0, 0.1) is 6.92 Å². The van der Waals surface area contributed by atoms with E-state index in [-0.39, 0.29) is 11.6 Å². The maximum Gasteiger partial charge on any atom is 0.271 e. The highest BCUT2D eigenvalue weighted by Gasteiger charge is 2.32. The molecule has 0 fully saturated rings. The van der Waals surface area contributed by atoms with Gasteiger partial charge >= 0.3 is 0 Å². The van der Waals surface area contributed by atoms with Gasteiger partial charge < -0.3 is 4.74 Å². The number of allylic oxidation sites excluding steroid dienone is 1. The van der Waals surface area contributed by atoms with Crippen molar-refractivity contribution in [3.05, 3.63) is 124 Å². The zero-order valence-electron chi connectivity index (χ0n) is 20.1. The smallest absolute Gasteiger partial charge is 0.271 e. The van der Waals surface area contributed by atoms with Gasteiger partial charge in [0.1, 0.15) is 5.75 Å². The Kier molecular flexibility index (Phi) is 6.02. The molecule has 3 aromatic carbocycles. The van der Waals surface area contributed by atoms with Gasteiger partial charge in [0.15, 0.2) is 4.80 Å². The van der Waals surface area contributed by atoms with Gasteiger partial charge in [-0.1, -0.05) is 71.5 Å². The van der Waals surface area contributed by atoms with E-state index in [0.29, 0.717) is 11.1 Å². The molecule has 4 nitrogen and oxygen atoms in total. The van der Waals surface area contributed by atoms with Gasteiger partial charge in [0, 0.05) is 5.56 Å². The maximum absolute atomic E-state index is 13.9. The van der Waals surface area contributed by atoms with Crippen molar-refractivity contribution >= 4 is 39.0 Å². The van der Waals surface area contributed by atoms with Crippen molar-refractivity contribution in [2.24, 2.45) is 4.99 Å². The number of hydrogen-bond donors (Lipinski definition) is 0. The van der Waals surface area contributed by atoms with Gasteiger partial charge in [-0.05, 0) is 83.1 Å². The Balaban J connectivity index is 1.56. The summed E-state index contributed by atoms with van der Waals surface area (Å²) in [5.74, 6) is 0.793. The van der Waals surface area contributed by atoms with Gasteiger partial charge in [-0.25, -0.2) is 4.99 Å². The number of thiazole rings is 1. The van der Waals surface area contributed by atoms with Gasteiger partial charge in [-0.15, -0.1) is 0 Å². The fraction of sp³-hybridized carbons (Fsp3) is 0.200. The first-order valence-electron chi connectivity index (χ1n) is 12.2. The summed E-state index contributed by atoms with van der Waals surface area (Å²) < 4.78 is 9.09. The molecule has 6 rings (SSSR count). The van der Waals surface area contributed by atoms with E-state index < -0.39 is 0 Å². The van der Waals surface area contributed by atoms with E-state index in [0.717, 1.165) is 44.7 Å². The summed E-state index contributed by atoms with van der Waals surface area (Å²) in [6, 6.07) is 22.8. The molecule has 0 N–H and O–H groups in total. The Hall–Kier alpha value is -3.22. The number of aryl methyl sites for hydroxylation is 2. The van der Waals surface area contributed by atoms with E-state index in [1.807, 2.05) is 35.8 Å². The third-order valence-electron chi connectivity index (χ3n) is 6.82. The predicted molar refractivity (Wildman–Crippen MR) is 149 cm³/mol. The Labute approximate surface area is 222 Å². The lowest BCUT2D eigenvalue weighted by Gasteiger charge is -2.30. The second-order valence-corrected chi connectivity index (χ2v) is 11.0. The zero-order chi connectivity index (χ0) is 24.8. The SMILES string of the molecule is CCOc1ccc(C=c2sc3n(c2=O)C(c2ccc(C)cc2)C2=C(N=3)c3ccccc3CC2)cc1Br. The first-order valence-corrected chi connectivity index (χ1v) is 13.8. The number of nitrogens with zero attached hydrogens (tertiary/aromatic N) is 2. The number of benzene rings is 3. The Bertz CT molecular complexity index is 1700. The highest BCUT2D eigenvalue weighted by Crippen LogP contribution is 2.41. The lowest BCUT2D eigenvalue weighted by Crippen LogP contribution is -2.38. The van der Waals surface area contributed by atoms with Gasteiger partial charge in [-0.3, -0.25) is 9.36 Å². The first kappa shape index (κ1) is 23.2. The first-order chi connectivity index (χ1) is 17.5. The molecule has 2 heterocycles. The van der Waals surface area contributed by atoms with Gasteiger partial charge in [0.2, 0.25) is 0 Å². The average molecular weight is 558 g/mol. The van der Waals surface area contributed by atoms with E-state index in [2.05, 4.69) is 71.4 Å². The monoisotopic (exact) mass is 556 g/mol. The molecular weight excluding hydrogens is 532 g/mol. The molecule has 180 valence electrons. The molecule has 0 bridgehead atoms. The molecule has 1 aliphatic heterocycles. The Morgan fingerprint density at radius 2 is 1.92 bits per heavy atom. The van der Waals surface area contributed by atoms with Crippen LogP contribution in [-0.2, 0) is 6.42 Å². The largest absolute Gasteiger partial charge is 0.493 e. The second kappa shape index (κ2) is 9.34. The van der Waals surface area contributed by atoms with Crippen LogP contribution in [0.3, 0.4) is 0 Å². The highest BCUT2D eigenvalue weighted by molar-refractivity contribution is 9.10. The summed E-state index contributed by atoms with van der Waals surface area (Å²) in [4.78, 5) is 19.7. The van der Waals surface area contributed by atoms with Crippen LogP contribution in [0.2, 0.25) is 0 Å². The van der Waals surface area contributed by atoms with Crippen LogP contribution in [0.1, 0.15) is 47.2 Å². The lowest BCUT2D eigenvalue weighted by molar-refractivity contribution is 0.338. The molecule has 1 aromatic heterocycles. The molecule has 4 aromatic rings. The summed E-state index contributed by atoms with van der Waals surface area (Å²) in [5.41, 5.74) is 8.02. The maximum atomic E-state index is 13.9. The minimum atomic E-state index is -0.153. The Morgan fingerprint density at radius 3 is 2.69 bits per heavy atom. The van der Waals surface area contributed by atoms with Gasteiger partial charge in [0.05, 0.1) is 27.4 Å². The van der Waals surface area contributed by atoms with Crippen LogP contribution >= 0.6 is 27.3 Å². The van der Waals surface area contributed by atoms with Crippen molar-refractivity contribution in [3.8, 4) is 5.75 Å². The second-order valence-electron chi connectivity index (χ2n) is 9.15. The molecule has 0 saturated heterocycles. The predicted octanol–water partition coefficient (Wildman–Crippen LogP) is 5.79. The van der Waals surface area contributed by atoms with E-state index in [4.69, 9.17) is 9.73 Å². The van der Waals surface area contributed by atoms with Crippen molar-refractivity contribution in [2.75, 3.05) is 6.61 Å². The summed E-state index contributed by atoms with van der Waals surface area (Å²) >= 11 is 5.05. The van der Waals surface area contributed by atoms with Crippen LogP contribution in [0.15, 0.2) is 86.6 Å². The number of fused-ring (bicyclic) bond motifs is 3. The van der Waals surface area contributed by atoms with Crippen molar-refractivity contribution in [2.45, 2.75) is 32.7 Å². The van der Waals surface area contributed by atoms with Crippen molar-refractivity contribution < 1.29 is 4.74 Å². The molecular formula is C30H25BrN2O2S. The number of aromatic nitrogens is 1. The van der Waals surface area contributed by atoms with Crippen molar-refractivity contribution in [1.29, 1.82) is 0 Å². The highest BCUT2D eigenvalue weighted by atomic mass is 79.9. The molecule has 1 unspecified atom stereocenters.